The minimum absolute atomic E-state index is 0. The summed E-state index contributed by atoms with van der Waals surface area (Å²) in [6.07, 6.45) is 13.2. The average Bonchev–Trinajstić information content (AvgIpc) is 2.59. The summed E-state index contributed by atoms with van der Waals surface area (Å²) in [7, 11) is 0. The van der Waals surface area contributed by atoms with Crippen LogP contribution in [0.25, 0.3) is 0 Å². The fraction of sp³-hybridized carbons (Fsp3) is 0.950. The minimum atomic E-state index is -0.159. The maximum absolute atomic E-state index is 12.8. The van der Waals surface area contributed by atoms with Crippen LogP contribution in [0.15, 0.2) is 0 Å². The molecular weight excluding hydrogens is 322 g/mol. The zero-order valence-corrected chi connectivity index (χ0v) is 17.1. The molecule has 0 aromatic rings. The Balaban J connectivity index is 0.00000529. The number of likely N-dealkylation sites (N-methyl/N-ethyl adjacent to an activating group) is 1. The first kappa shape index (κ1) is 23.7. The Hall–Kier alpha value is -0.280. The van der Waals surface area contributed by atoms with Crippen LogP contribution in [0.2, 0.25) is 0 Å². The van der Waals surface area contributed by atoms with E-state index in [1.165, 1.54) is 51.4 Å². The number of carbonyl (C=O) groups is 1. The van der Waals surface area contributed by atoms with Crippen LogP contribution in [0.3, 0.4) is 0 Å². The predicted octanol–water partition coefficient (Wildman–Crippen LogP) is 5.60. The number of hydrogen-bond acceptors (Lipinski definition) is 3. The molecular formula is C20H40ClNO2. The Bertz CT molecular complexity index is 313. The molecule has 0 saturated heterocycles. The van der Waals surface area contributed by atoms with Crippen LogP contribution in [0.5, 0.6) is 0 Å². The van der Waals surface area contributed by atoms with Crippen molar-refractivity contribution in [2.24, 2.45) is 5.41 Å². The van der Waals surface area contributed by atoms with Gasteiger partial charge in [0.2, 0.25) is 0 Å². The molecule has 0 N–H and O–H groups in total. The largest absolute Gasteiger partial charge is 0.464 e. The van der Waals surface area contributed by atoms with Gasteiger partial charge in [0, 0.05) is 6.54 Å². The number of esters is 1. The lowest BCUT2D eigenvalue weighted by Crippen LogP contribution is -2.37. The first-order chi connectivity index (χ1) is 11.2. The van der Waals surface area contributed by atoms with Gasteiger partial charge >= 0.3 is 5.97 Å². The summed E-state index contributed by atoms with van der Waals surface area (Å²) in [4.78, 5) is 15.1. The Morgan fingerprint density at radius 2 is 1.58 bits per heavy atom. The molecule has 0 spiro atoms. The first-order valence-corrected chi connectivity index (χ1v) is 10.1. The van der Waals surface area contributed by atoms with Crippen LogP contribution in [-0.4, -0.2) is 37.1 Å². The van der Waals surface area contributed by atoms with E-state index in [2.05, 4.69) is 25.7 Å². The summed E-state index contributed by atoms with van der Waals surface area (Å²) in [5.74, 6) is 0.0971. The standard InChI is InChI=1S/C20H39NO2.ClH/c1-4-7-8-9-11-14-20(15-12-10-13-16-20)19(22)23-18-17-21(5-2)6-3;/h4-18H2,1-3H3;1H. The van der Waals surface area contributed by atoms with Crippen molar-refractivity contribution in [2.75, 3.05) is 26.2 Å². The van der Waals surface area contributed by atoms with Crippen LogP contribution in [0.4, 0.5) is 0 Å². The van der Waals surface area contributed by atoms with Gasteiger partial charge in [0.25, 0.3) is 0 Å². The van der Waals surface area contributed by atoms with E-state index in [1.54, 1.807) is 0 Å². The fourth-order valence-electron chi connectivity index (χ4n) is 3.81. The quantitative estimate of drug-likeness (QED) is 0.334. The molecule has 0 atom stereocenters. The van der Waals surface area contributed by atoms with Gasteiger partial charge in [-0.1, -0.05) is 72.1 Å². The Kier molecular flexibility index (Phi) is 13.8. The van der Waals surface area contributed by atoms with Gasteiger partial charge in [-0.3, -0.25) is 4.79 Å². The first-order valence-electron chi connectivity index (χ1n) is 10.1. The molecule has 0 unspecified atom stereocenters. The maximum atomic E-state index is 12.8. The molecule has 144 valence electrons. The molecule has 0 radical (unpaired) electrons. The zero-order valence-electron chi connectivity index (χ0n) is 16.3. The smallest absolute Gasteiger partial charge is 0.312 e. The summed E-state index contributed by atoms with van der Waals surface area (Å²) in [5, 5.41) is 0. The summed E-state index contributed by atoms with van der Waals surface area (Å²) in [6, 6.07) is 0. The molecule has 0 aliphatic heterocycles. The molecule has 4 heteroatoms. The zero-order chi connectivity index (χ0) is 17.0. The van der Waals surface area contributed by atoms with Crippen molar-refractivity contribution in [3.05, 3.63) is 0 Å². The van der Waals surface area contributed by atoms with Crippen molar-refractivity contribution in [3.63, 3.8) is 0 Å². The second-order valence-electron chi connectivity index (χ2n) is 7.17. The maximum Gasteiger partial charge on any atom is 0.312 e. The number of halogens is 1. The SMILES string of the molecule is CCCCCCCC1(C(=O)OCCN(CC)CC)CCCCC1.Cl. The predicted molar refractivity (Wildman–Crippen MR) is 105 cm³/mol. The van der Waals surface area contributed by atoms with E-state index >= 15 is 0 Å². The van der Waals surface area contributed by atoms with Crippen LogP contribution >= 0.6 is 12.4 Å². The van der Waals surface area contributed by atoms with E-state index in [0.717, 1.165) is 38.9 Å². The average molecular weight is 362 g/mol. The molecule has 1 rings (SSSR count). The van der Waals surface area contributed by atoms with Gasteiger partial charge in [-0.2, -0.15) is 0 Å². The van der Waals surface area contributed by atoms with Gasteiger partial charge in [-0.25, -0.2) is 0 Å². The molecule has 0 heterocycles. The van der Waals surface area contributed by atoms with Crippen molar-refractivity contribution in [1.82, 2.24) is 4.90 Å². The second-order valence-corrected chi connectivity index (χ2v) is 7.17. The highest BCUT2D eigenvalue weighted by Crippen LogP contribution is 2.41. The van der Waals surface area contributed by atoms with Crippen molar-refractivity contribution in [2.45, 2.75) is 91.4 Å². The lowest BCUT2D eigenvalue weighted by atomic mass is 9.71. The number of ether oxygens (including phenoxy) is 1. The molecule has 0 aromatic carbocycles. The number of unbranched alkanes of at least 4 members (excludes halogenated alkanes) is 4. The highest BCUT2D eigenvalue weighted by atomic mass is 35.5. The normalized spacial score (nSPS) is 16.7. The van der Waals surface area contributed by atoms with Crippen LogP contribution in [0, 0.1) is 5.41 Å². The molecule has 3 nitrogen and oxygen atoms in total. The third-order valence-corrected chi connectivity index (χ3v) is 5.54. The molecule has 0 amide bonds. The van der Waals surface area contributed by atoms with E-state index in [-0.39, 0.29) is 23.8 Å². The lowest BCUT2D eigenvalue weighted by Gasteiger charge is -2.35. The van der Waals surface area contributed by atoms with Crippen LogP contribution in [0.1, 0.15) is 91.4 Å². The van der Waals surface area contributed by atoms with Crippen molar-refractivity contribution < 1.29 is 9.53 Å². The topological polar surface area (TPSA) is 29.5 Å². The molecule has 0 bridgehead atoms. The van der Waals surface area contributed by atoms with E-state index in [0.29, 0.717) is 6.61 Å². The molecule has 1 fully saturated rings. The summed E-state index contributed by atoms with van der Waals surface area (Å²) in [5.41, 5.74) is -0.159. The lowest BCUT2D eigenvalue weighted by molar-refractivity contribution is -0.159. The second kappa shape index (κ2) is 13.9. The highest BCUT2D eigenvalue weighted by molar-refractivity contribution is 5.85. The summed E-state index contributed by atoms with van der Waals surface area (Å²) in [6.45, 7) is 10.0. The molecule has 1 aliphatic carbocycles. The van der Waals surface area contributed by atoms with E-state index in [4.69, 9.17) is 4.74 Å². The van der Waals surface area contributed by atoms with E-state index in [9.17, 15) is 4.79 Å². The van der Waals surface area contributed by atoms with Gasteiger partial charge in [0.05, 0.1) is 5.41 Å². The minimum Gasteiger partial charge on any atom is -0.464 e. The van der Waals surface area contributed by atoms with Crippen molar-refractivity contribution >= 4 is 18.4 Å². The van der Waals surface area contributed by atoms with E-state index in [1.807, 2.05) is 0 Å². The van der Waals surface area contributed by atoms with Gasteiger partial charge in [-0.15, -0.1) is 12.4 Å². The number of nitrogens with zero attached hydrogens (tertiary/aromatic N) is 1. The molecule has 1 aliphatic rings. The molecule has 0 aromatic heterocycles. The van der Waals surface area contributed by atoms with Gasteiger partial charge < -0.3 is 9.64 Å². The number of hydrogen-bond donors (Lipinski definition) is 0. The third kappa shape index (κ3) is 8.20. The van der Waals surface area contributed by atoms with E-state index < -0.39 is 0 Å². The van der Waals surface area contributed by atoms with Gasteiger partial charge in [-0.05, 0) is 32.4 Å². The Labute approximate surface area is 156 Å². The number of rotatable bonds is 12. The Morgan fingerprint density at radius 1 is 0.958 bits per heavy atom. The highest BCUT2D eigenvalue weighted by Gasteiger charge is 2.40. The van der Waals surface area contributed by atoms with Crippen LogP contribution in [-0.2, 0) is 9.53 Å². The van der Waals surface area contributed by atoms with Gasteiger partial charge in [0.1, 0.15) is 6.61 Å². The van der Waals surface area contributed by atoms with Gasteiger partial charge in [0.15, 0.2) is 0 Å². The van der Waals surface area contributed by atoms with Crippen molar-refractivity contribution in [1.29, 1.82) is 0 Å². The summed E-state index contributed by atoms with van der Waals surface area (Å²) >= 11 is 0. The monoisotopic (exact) mass is 361 g/mol. The third-order valence-electron chi connectivity index (χ3n) is 5.54. The Morgan fingerprint density at radius 3 is 2.17 bits per heavy atom. The number of carbonyl (C=O) groups excluding carboxylic acids is 1. The van der Waals surface area contributed by atoms with Crippen molar-refractivity contribution in [3.8, 4) is 0 Å². The van der Waals surface area contributed by atoms with Crippen LogP contribution < -0.4 is 0 Å². The molecule has 1 saturated carbocycles. The molecule has 24 heavy (non-hydrogen) atoms. The fourth-order valence-corrected chi connectivity index (χ4v) is 3.81. The summed E-state index contributed by atoms with van der Waals surface area (Å²) < 4.78 is 5.72.